The maximum atomic E-state index is 12.9. The number of hydrazone groups is 1. The number of hydrogen-bond donors (Lipinski definition) is 2. The summed E-state index contributed by atoms with van der Waals surface area (Å²) in [6.07, 6.45) is 2.61. The Labute approximate surface area is 158 Å². The second-order valence-corrected chi connectivity index (χ2v) is 6.42. The number of aromatic nitrogens is 2. The molecular formula is C20H23FN6. The summed E-state index contributed by atoms with van der Waals surface area (Å²) >= 11 is 0. The van der Waals surface area contributed by atoms with E-state index in [0.717, 1.165) is 41.8 Å². The molecule has 0 aliphatic heterocycles. The van der Waals surface area contributed by atoms with Crippen LogP contribution in [0.4, 0.5) is 16.2 Å². The molecule has 0 amide bonds. The van der Waals surface area contributed by atoms with Gasteiger partial charge in [0.1, 0.15) is 11.6 Å². The maximum absolute atomic E-state index is 12.9. The van der Waals surface area contributed by atoms with E-state index in [1.165, 1.54) is 12.1 Å². The number of halogens is 1. The minimum absolute atomic E-state index is 0.275. The Kier molecular flexibility index (Phi) is 6.27. The van der Waals surface area contributed by atoms with Crippen molar-refractivity contribution < 1.29 is 4.39 Å². The third kappa shape index (κ3) is 5.46. The molecule has 2 aromatic carbocycles. The first-order valence-electron chi connectivity index (χ1n) is 8.82. The van der Waals surface area contributed by atoms with Gasteiger partial charge in [0.2, 0.25) is 5.95 Å². The van der Waals surface area contributed by atoms with Crippen molar-refractivity contribution in [2.45, 2.75) is 6.42 Å². The van der Waals surface area contributed by atoms with Crippen molar-refractivity contribution in [2.75, 3.05) is 37.9 Å². The van der Waals surface area contributed by atoms with E-state index in [-0.39, 0.29) is 5.82 Å². The molecule has 1 aromatic heterocycles. The molecule has 6 nitrogen and oxygen atoms in total. The molecule has 0 unspecified atom stereocenters. The first kappa shape index (κ1) is 18.7. The van der Waals surface area contributed by atoms with Crippen LogP contribution in [-0.4, -0.2) is 48.3 Å². The second kappa shape index (κ2) is 9.05. The van der Waals surface area contributed by atoms with Gasteiger partial charge in [-0.3, -0.25) is 0 Å². The second-order valence-electron chi connectivity index (χ2n) is 6.42. The highest BCUT2D eigenvalue weighted by molar-refractivity contribution is 5.90. The van der Waals surface area contributed by atoms with Gasteiger partial charge in [-0.15, -0.1) is 0 Å². The fourth-order valence-corrected chi connectivity index (χ4v) is 2.58. The van der Waals surface area contributed by atoms with E-state index in [2.05, 4.69) is 44.8 Å². The number of para-hydroxylation sites is 1. The SMILES string of the molecule is CN(C)CCCNc1nc(N/N=C/c2ccc(F)cc2)nc2ccccc12. The summed E-state index contributed by atoms with van der Waals surface area (Å²) in [5, 5.41) is 8.51. The van der Waals surface area contributed by atoms with E-state index in [9.17, 15) is 4.39 Å². The van der Waals surface area contributed by atoms with Gasteiger partial charge < -0.3 is 10.2 Å². The highest BCUT2D eigenvalue weighted by Crippen LogP contribution is 2.21. The third-order valence-electron chi connectivity index (χ3n) is 3.93. The summed E-state index contributed by atoms with van der Waals surface area (Å²) in [5.41, 5.74) is 4.47. The Morgan fingerprint density at radius 1 is 1.07 bits per heavy atom. The Balaban J connectivity index is 1.73. The minimum atomic E-state index is -0.275. The van der Waals surface area contributed by atoms with Gasteiger partial charge in [0, 0.05) is 11.9 Å². The summed E-state index contributed by atoms with van der Waals surface area (Å²) in [7, 11) is 4.11. The van der Waals surface area contributed by atoms with Crippen molar-refractivity contribution in [3.8, 4) is 0 Å². The molecule has 0 saturated heterocycles. The zero-order chi connectivity index (χ0) is 19.1. The normalized spacial score (nSPS) is 11.4. The maximum Gasteiger partial charge on any atom is 0.246 e. The zero-order valence-corrected chi connectivity index (χ0v) is 15.5. The van der Waals surface area contributed by atoms with Gasteiger partial charge in [0.15, 0.2) is 0 Å². The van der Waals surface area contributed by atoms with Crippen LogP contribution >= 0.6 is 0 Å². The fraction of sp³-hybridized carbons (Fsp3) is 0.250. The van der Waals surface area contributed by atoms with Gasteiger partial charge in [-0.2, -0.15) is 10.1 Å². The quantitative estimate of drug-likeness (QED) is 0.362. The average Bonchev–Trinajstić information content (AvgIpc) is 2.66. The summed E-state index contributed by atoms with van der Waals surface area (Å²) in [5.74, 6) is 0.906. The molecule has 0 aliphatic carbocycles. The van der Waals surface area contributed by atoms with Crippen LogP contribution < -0.4 is 10.7 Å². The highest BCUT2D eigenvalue weighted by Gasteiger charge is 2.06. The van der Waals surface area contributed by atoms with Crippen molar-refractivity contribution in [1.29, 1.82) is 0 Å². The lowest BCUT2D eigenvalue weighted by Gasteiger charge is -2.12. The summed E-state index contributed by atoms with van der Waals surface area (Å²) < 4.78 is 12.9. The first-order valence-corrected chi connectivity index (χ1v) is 8.82. The summed E-state index contributed by atoms with van der Waals surface area (Å²) in [6.45, 7) is 1.82. The number of fused-ring (bicyclic) bond motifs is 1. The standard InChI is InChI=1S/C20H23FN6/c1-27(2)13-5-12-22-19-17-6-3-4-7-18(17)24-20(25-19)26-23-14-15-8-10-16(21)11-9-15/h3-4,6-11,14H,5,12-13H2,1-2H3,(H2,22,24,25,26)/b23-14+. The molecule has 0 radical (unpaired) electrons. The topological polar surface area (TPSA) is 65.4 Å². The molecule has 0 fully saturated rings. The lowest BCUT2D eigenvalue weighted by atomic mass is 10.2. The lowest BCUT2D eigenvalue weighted by Crippen LogP contribution is -2.17. The minimum Gasteiger partial charge on any atom is -0.369 e. The van der Waals surface area contributed by atoms with Crippen molar-refractivity contribution >= 4 is 28.9 Å². The number of rotatable bonds is 8. The molecule has 0 bridgehead atoms. The molecule has 7 heteroatoms. The predicted molar refractivity (Wildman–Crippen MR) is 109 cm³/mol. The predicted octanol–water partition coefficient (Wildman–Crippen LogP) is 3.58. The van der Waals surface area contributed by atoms with E-state index in [1.54, 1.807) is 18.3 Å². The molecule has 0 saturated carbocycles. The van der Waals surface area contributed by atoms with E-state index >= 15 is 0 Å². The highest BCUT2D eigenvalue weighted by atomic mass is 19.1. The van der Waals surface area contributed by atoms with Crippen molar-refractivity contribution in [3.05, 3.63) is 59.9 Å². The van der Waals surface area contributed by atoms with E-state index in [1.807, 2.05) is 24.3 Å². The Hall–Kier alpha value is -3.06. The van der Waals surface area contributed by atoms with Crippen molar-refractivity contribution in [2.24, 2.45) is 5.10 Å². The Morgan fingerprint density at radius 3 is 2.63 bits per heavy atom. The van der Waals surface area contributed by atoms with Gasteiger partial charge in [-0.05, 0) is 56.9 Å². The molecule has 2 N–H and O–H groups in total. The summed E-state index contributed by atoms with van der Waals surface area (Å²) in [6, 6.07) is 13.9. The van der Waals surface area contributed by atoms with Crippen molar-refractivity contribution in [3.63, 3.8) is 0 Å². The fourth-order valence-electron chi connectivity index (χ4n) is 2.58. The molecule has 0 aliphatic rings. The number of nitrogens with one attached hydrogen (secondary N) is 2. The summed E-state index contributed by atoms with van der Waals surface area (Å²) in [4.78, 5) is 11.2. The average molecular weight is 366 g/mol. The van der Waals surface area contributed by atoms with E-state index < -0.39 is 0 Å². The number of anilines is 2. The van der Waals surface area contributed by atoms with Crippen LogP contribution in [-0.2, 0) is 0 Å². The van der Waals surface area contributed by atoms with E-state index in [0.29, 0.717) is 5.95 Å². The number of nitrogens with zero attached hydrogens (tertiary/aromatic N) is 4. The van der Waals surface area contributed by atoms with Crippen LogP contribution in [0.1, 0.15) is 12.0 Å². The van der Waals surface area contributed by atoms with Crippen LogP contribution in [0.25, 0.3) is 10.9 Å². The molecule has 0 atom stereocenters. The first-order chi connectivity index (χ1) is 13.1. The van der Waals surface area contributed by atoms with Gasteiger partial charge in [0.05, 0.1) is 11.7 Å². The zero-order valence-electron chi connectivity index (χ0n) is 15.5. The lowest BCUT2D eigenvalue weighted by molar-refractivity contribution is 0.405. The van der Waals surface area contributed by atoms with Crippen LogP contribution in [0, 0.1) is 5.82 Å². The molecule has 140 valence electrons. The van der Waals surface area contributed by atoms with Crippen molar-refractivity contribution in [1.82, 2.24) is 14.9 Å². The van der Waals surface area contributed by atoms with Gasteiger partial charge >= 0.3 is 0 Å². The monoisotopic (exact) mass is 366 g/mol. The largest absolute Gasteiger partial charge is 0.369 e. The molecular weight excluding hydrogens is 343 g/mol. The number of hydrogen-bond acceptors (Lipinski definition) is 6. The molecule has 1 heterocycles. The van der Waals surface area contributed by atoms with Crippen LogP contribution in [0.5, 0.6) is 0 Å². The number of benzene rings is 2. The van der Waals surface area contributed by atoms with Crippen LogP contribution in [0.3, 0.4) is 0 Å². The van der Waals surface area contributed by atoms with Crippen LogP contribution in [0.2, 0.25) is 0 Å². The molecule has 3 aromatic rings. The Bertz CT molecular complexity index is 908. The molecule has 27 heavy (non-hydrogen) atoms. The van der Waals surface area contributed by atoms with Gasteiger partial charge in [-0.1, -0.05) is 24.3 Å². The third-order valence-corrected chi connectivity index (χ3v) is 3.93. The van der Waals surface area contributed by atoms with E-state index in [4.69, 9.17) is 0 Å². The Morgan fingerprint density at radius 2 is 1.85 bits per heavy atom. The van der Waals surface area contributed by atoms with Gasteiger partial charge in [0.25, 0.3) is 0 Å². The smallest absolute Gasteiger partial charge is 0.246 e. The van der Waals surface area contributed by atoms with Crippen LogP contribution in [0.15, 0.2) is 53.6 Å². The molecule has 3 rings (SSSR count). The van der Waals surface area contributed by atoms with Gasteiger partial charge in [-0.25, -0.2) is 14.8 Å². The molecule has 0 spiro atoms.